The molecule has 1 aromatic heterocycles. The van der Waals surface area contributed by atoms with Crippen LogP contribution in [-0.2, 0) is 9.59 Å². The largest absolute Gasteiger partial charge is 0.482 e. The molecule has 2 N–H and O–H groups in total. The Balaban J connectivity index is 1.67. The number of anilines is 2. The number of hydrogen-bond acceptors (Lipinski definition) is 5. The van der Waals surface area contributed by atoms with E-state index < -0.39 is 5.91 Å². The summed E-state index contributed by atoms with van der Waals surface area (Å²) < 4.78 is 5.30. The molecule has 0 atom stereocenters. The zero-order valence-electron chi connectivity index (χ0n) is 13.2. The van der Waals surface area contributed by atoms with E-state index in [1.54, 1.807) is 24.6 Å². The third kappa shape index (κ3) is 3.92. The van der Waals surface area contributed by atoms with Gasteiger partial charge in [-0.1, -0.05) is 17.7 Å². The molecule has 0 fully saturated rings. The van der Waals surface area contributed by atoms with Gasteiger partial charge in [-0.05, 0) is 17.5 Å². The first-order valence-corrected chi connectivity index (χ1v) is 8.55. The number of likely N-dealkylation sites (N-methyl/N-ethyl adjacent to an activating group) is 1. The molecule has 0 saturated carbocycles. The summed E-state index contributed by atoms with van der Waals surface area (Å²) in [5.74, 6) is -0.474. The molecule has 1 aliphatic rings. The van der Waals surface area contributed by atoms with Gasteiger partial charge >= 0.3 is 0 Å². The lowest BCUT2D eigenvalue weighted by molar-refractivity contribution is -0.119. The third-order valence-corrected chi connectivity index (χ3v) is 4.61. The highest BCUT2D eigenvalue weighted by Crippen LogP contribution is 2.36. The number of fused-ring (bicyclic) bond motifs is 1. The van der Waals surface area contributed by atoms with Crippen LogP contribution in [0.25, 0.3) is 0 Å². The topological polar surface area (TPSA) is 87.7 Å². The van der Waals surface area contributed by atoms with Crippen molar-refractivity contribution in [2.24, 2.45) is 0 Å². The minimum atomic E-state index is -0.394. The molecule has 1 aromatic carbocycles. The van der Waals surface area contributed by atoms with Crippen LogP contribution in [0, 0.1) is 0 Å². The lowest BCUT2D eigenvalue weighted by Gasteiger charge is -2.20. The van der Waals surface area contributed by atoms with Gasteiger partial charge in [0.1, 0.15) is 5.75 Å². The van der Waals surface area contributed by atoms with Crippen LogP contribution in [0.1, 0.15) is 9.67 Å². The Labute approximate surface area is 152 Å². The van der Waals surface area contributed by atoms with Crippen molar-refractivity contribution in [2.45, 2.75) is 0 Å². The summed E-state index contributed by atoms with van der Waals surface area (Å²) in [5, 5.41) is 7.33. The molecule has 0 radical (unpaired) electrons. The summed E-state index contributed by atoms with van der Waals surface area (Å²) in [7, 11) is 1.55. The van der Waals surface area contributed by atoms with Crippen LogP contribution >= 0.6 is 22.9 Å². The highest BCUT2D eigenvalue weighted by molar-refractivity contribution is 7.12. The normalized spacial score (nSPS) is 12.6. The van der Waals surface area contributed by atoms with E-state index in [1.165, 1.54) is 28.4 Å². The predicted molar refractivity (Wildman–Crippen MR) is 95.5 cm³/mol. The van der Waals surface area contributed by atoms with Crippen LogP contribution in [-0.4, -0.2) is 42.8 Å². The quantitative estimate of drug-likeness (QED) is 0.854. The second-order valence-electron chi connectivity index (χ2n) is 5.35. The number of ether oxygens (including phenoxy) is 1. The maximum absolute atomic E-state index is 12.2. The van der Waals surface area contributed by atoms with Crippen LogP contribution in [0.4, 0.5) is 11.4 Å². The van der Waals surface area contributed by atoms with Crippen LogP contribution in [0.3, 0.4) is 0 Å². The molecule has 3 amide bonds. The molecule has 0 unspecified atom stereocenters. The fraction of sp³-hybridized carbons (Fsp3) is 0.188. The SMILES string of the molecule is CN(CC(=O)Nc1cc2c(cc1Cl)NC(=O)CO2)C(=O)c1cccs1. The molecule has 0 bridgehead atoms. The summed E-state index contributed by atoms with van der Waals surface area (Å²) in [6.07, 6.45) is 0. The van der Waals surface area contributed by atoms with E-state index in [9.17, 15) is 14.4 Å². The monoisotopic (exact) mass is 379 g/mol. The van der Waals surface area contributed by atoms with Crippen molar-refractivity contribution < 1.29 is 19.1 Å². The summed E-state index contributed by atoms with van der Waals surface area (Å²) in [6.45, 7) is -0.220. The summed E-state index contributed by atoms with van der Waals surface area (Å²) >= 11 is 7.45. The first kappa shape index (κ1) is 17.2. The van der Waals surface area contributed by atoms with Crippen molar-refractivity contribution in [1.29, 1.82) is 0 Å². The van der Waals surface area contributed by atoms with Crippen molar-refractivity contribution >= 4 is 52.0 Å². The number of carbonyl (C=O) groups is 3. The van der Waals surface area contributed by atoms with E-state index in [-0.39, 0.29) is 30.0 Å². The summed E-state index contributed by atoms with van der Waals surface area (Å²) in [4.78, 5) is 37.5. The Bertz CT molecular complexity index is 838. The number of nitrogens with one attached hydrogen (secondary N) is 2. The van der Waals surface area contributed by atoms with E-state index in [0.29, 0.717) is 22.0 Å². The van der Waals surface area contributed by atoms with Gasteiger partial charge in [0.2, 0.25) is 5.91 Å². The maximum Gasteiger partial charge on any atom is 0.264 e. The molecular formula is C16H14ClN3O4S. The Morgan fingerprint density at radius 3 is 2.96 bits per heavy atom. The van der Waals surface area contributed by atoms with Gasteiger partial charge in [-0.2, -0.15) is 0 Å². The number of thiophene rings is 1. The molecule has 0 spiro atoms. The highest BCUT2D eigenvalue weighted by atomic mass is 35.5. The zero-order valence-corrected chi connectivity index (χ0v) is 14.7. The Kier molecular flexibility index (Phi) is 4.91. The standard InChI is InChI=1S/C16H14ClN3O4S/c1-20(16(23)13-3-2-4-25-13)7-14(21)18-10-6-12-11(5-9(10)17)19-15(22)8-24-12/h2-6H,7-8H2,1H3,(H,18,21)(H,19,22). The van der Waals surface area contributed by atoms with E-state index in [1.807, 2.05) is 0 Å². The van der Waals surface area contributed by atoms with Crippen molar-refractivity contribution in [1.82, 2.24) is 4.90 Å². The molecule has 2 aromatic rings. The number of carbonyl (C=O) groups excluding carboxylic acids is 3. The molecule has 130 valence electrons. The van der Waals surface area contributed by atoms with Gasteiger partial charge in [0.15, 0.2) is 6.61 Å². The van der Waals surface area contributed by atoms with E-state index in [2.05, 4.69) is 10.6 Å². The number of amides is 3. The molecule has 7 nitrogen and oxygen atoms in total. The molecular weight excluding hydrogens is 366 g/mol. The summed E-state index contributed by atoms with van der Waals surface area (Å²) in [6, 6.07) is 6.52. The van der Waals surface area contributed by atoms with E-state index in [0.717, 1.165) is 0 Å². The van der Waals surface area contributed by atoms with Crippen molar-refractivity contribution in [3.05, 3.63) is 39.5 Å². The second-order valence-corrected chi connectivity index (χ2v) is 6.71. The predicted octanol–water partition coefficient (Wildman–Crippen LogP) is 2.44. The third-order valence-electron chi connectivity index (χ3n) is 3.44. The van der Waals surface area contributed by atoms with Gasteiger partial charge in [-0.3, -0.25) is 14.4 Å². The van der Waals surface area contributed by atoms with Crippen molar-refractivity contribution in [3.63, 3.8) is 0 Å². The number of hydrogen-bond donors (Lipinski definition) is 2. The van der Waals surface area contributed by atoms with Crippen LogP contribution < -0.4 is 15.4 Å². The fourth-order valence-electron chi connectivity index (χ4n) is 2.26. The zero-order chi connectivity index (χ0) is 18.0. The smallest absolute Gasteiger partial charge is 0.264 e. The van der Waals surface area contributed by atoms with Gasteiger partial charge in [0.25, 0.3) is 11.8 Å². The van der Waals surface area contributed by atoms with Crippen LogP contribution in [0.5, 0.6) is 5.75 Å². The van der Waals surface area contributed by atoms with Gasteiger partial charge < -0.3 is 20.3 Å². The van der Waals surface area contributed by atoms with Gasteiger partial charge in [-0.15, -0.1) is 11.3 Å². The maximum atomic E-state index is 12.2. The lowest BCUT2D eigenvalue weighted by Crippen LogP contribution is -2.34. The number of rotatable bonds is 4. The molecule has 0 saturated heterocycles. The van der Waals surface area contributed by atoms with Crippen LogP contribution in [0.2, 0.25) is 5.02 Å². The van der Waals surface area contributed by atoms with Gasteiger partial charge in [0.05, 0.1) is 27.8 Å². The number of nitrogens with zero attached hydrogens (tertiary/aromatic N) is 1. The van der Waals surface area contributed by atoms with Crippen molar-refractivity contribution in [3.8, 4) is 5.75 Å². The molecule has 1 aliphatic heterocycles. The molecule has 3 rings (SSSR count). The molecule has 9 heteroatoms. The van der Waals surface area contributed by atoms with Crippen molar-refractivity contribution in [2.75, 3.05) is 30.8 Å². The Hall–Kier alpha value is -2.58. The first-order chi connectivity index (χ1) is 11.9. The van der Waals surface area contributed by atoms with E-state index >= 15 is 0 Å². The average Bonchev–Trinajstić information content (AvgIpc) is 3.09. The Morgan fingerprint density at radius 2 is 2.24 bits per heavy atom. The Morgan fingerprint density at radius 1 is 1.44 bits per heavy atom. The number of benzene rings is 1. The minimum Gasteiger partial charge on any atom is -0.482 e. The molecule has 0 aliphatic carbocycles. The van der Waals surface area contributed by atoms with Gasteiger partial charge in [-0.25, -0.2) is 0 Å². The average molecular weight is 380 g/mol. The van der Waals surface area contributed by atoms with Gasteiger partial charge in [0, 0.05) is 13.1 Å². The lowest BCUT2D eigenvalue weighted by atomic mass is 10.2. The summed E-state index contributed by atoms with van der Waals surface area (Å²) in [5.41, 5.74) is 0.794. The van der Waals surface area contributed by atoms with E-state index in [4.69, 9.17) is 16.3 Å². The highest BCUT2D eigenvalue weighted by Gasteiger charge is 2.20. The number of halogens is 1. The molecule has 25 heavy (non-hydrogen) atoms. The second kappa shape index (κ2) is 7.12. The fourth-order valence-corrected chi connectivity index (χ4v) is 3.19. The minimum absolute atomic E-state index is 0.0972. The van der Waals surface area contributed by atoms with Crippen LogP contribution in [0.15, 0.2) is 29.6 Å². The molecule has 2 heterocycles. The first-order valence-electron chi connectivity index (χ1n) is 7.29.